The van der Waals surface area contributed by atoms with Gasteiger partial charge in [-0.15, -0.1) is 0 Å². The van der Waals surface area contributed by atoms with E-state index in [1.54, 1.807) is 18.4 Å². The van der Waals surface area contributed by atoms with E-state index in [1.807, 2.05) is 12.1 Å². The molecule has 0 bridgehead atoms. The van der Waals surface area contributed by atoms with Gasteiger partial charge in [-0.25, -0.2) is 0 Å². The summed E-state index contributed by atoms with van der Waals surface area (Å²) in [6.45, 7) is 4.49. The highest BCUT2D eigenvalue weighted by atomic mass is 35.5. The maximum absolute atomic E-state index is 12.3. The van der Waals surface area contributed by atoms with Crippen LogP contribution in [0.3, 0.4) is 0 Å². The first kappa shape index (κ1) is 18.5. The smallest absolute Gasteiger partial charge is 0.238 e. The van der Waals surface area contributed by atoms with E-state index in [-0.39, 0.29) is 5.91 Å². The Hall–Kier alpha value is -1.24. The van der Waals surface area contributed by atoms with Gasteiger partial charge >= 0.3 is 0 Å². The number of hydrogen-bond acceptors (Lipinski definition) is 4. The summed E-state index contributed by atoms with van der Waals surface area (Å²) < 4.78 is 5.37. The second kappa shape index (κ2) is 8.43. The summed E-state index contributed by atoms with van der Waals surface area (Å²) >= 11 is 18.1. The van der Waals surface area contributed by atoms with E-state index in [0.717, 1.165) is 38.5 Å². The summed E-state index contributed by atoms with van der Waals surface area (Å²) in [5.74, 6) is 0.809. The normalized spacial score (nSPS) is 16.1. The molecule has 1 fully saturated rings. The van der Waals surface area contributed by atoms with Crippen LogP contribution in [-0.4, -0.2) is 48.4 Å². The lowest BCUT2D eigenvalue weighted by molar-refractivity contribution is -0.117. The number of nitrogens with zero attached hydrogens (tertiary/aromatic N) is 2. The number of furan rings is 1. The van der Waals surface area contributed by atoms with E-state index in [1.165, 1.54) is 0 Å². The number of halogens is 3. The van der Waals surface area contributed by atoms with Crippen LogP contribution in [0.1, 0.15) is 5.76 Å². The second-order valence-electron chi connectivity index (χ2n) is 5.92. The molecule has 1 amide bonds. The number of carbonyl (C=O) groups excluding carboxylic acids is 1. The molecule has 8 heteroatoms. The minimum atomic E-state index is -0.148. The molecule has 0 atom stereocenters. The number of nitrogens with one attached hydrogen (secondary N) is 1. The predicted molar refractivity (Wildman–Crippen MR) is 101 cm³/mol. The highest BCUT2D eigenvalue weighted by Gasteiger charge is 2.20. The van der Waals surface area contributed by atoms with Crippen molar-refractivity contribution in [3.8, 4) is 0 Å². The van der Waals surface area contributed by atoms with Gasteiger partial charge in [0.15, 0.2) is 0 Å². The molecule has 0 spiro atoms. The molecular formula is C17H18Cl3N3O2. The summed E-state index contributed by atoms with van der Waals surface area (Å²) in [5, 5.41) is 3.86. The van der Waals surface area contributed by atoms with Crippen molar-refractivity contribution < 1.29 is 9.21 Å². The minimum absolute atomic E-state index is 0.148. The van der Waals surface area contributed by atoms with Crippen LogP contribution < -0.4 is 5.32 Å². The molecule has 0 aliphatic carbocycles. The number of piperazine rings is 1. The first-order valence-corrected chi connectivity index (χ1v) is 9.06. The molecule has 25 heavy (non-hydrogen) atoms. The minimum Gasteiger partial charge on any atom is -0.468 e. The molecule has 2 heterocycles. The fraction of sp³-hybridized carbons (Fsp3) is 0.353. The molecule has 1 aliphatic rings. The first-order valence-electron chi connectivity index (χ1n) is 7.93. The van der Waals surface area contributed by atoms with Gasteiger partial charge in [0.25, 0.3) is 0 Å². The molecule has 1 aromatic heterocycles. The van der Waals surface area contributed by atoms with Crippen LogP contribution in [0.25, 0.3) is 0 Å². The summed E-state index contributed by atoms with van der Waals surface area (Å²) in [6, 6.07) is 6.97. The van der Waals surface area contributed by atoms with Gasteiger partial charge in [-0.1, -0.05) is 34.8 Å². The molecule has 0 unspecified atom stereocenters. The number of carbonyl (C=O) groups is 1. The third-order valence-electron chi connectivity index (χ3n) is 4.06. The first-order chi connectivity index (χ1) is 12.0. The van der Waals surface area contributed by atoms with Gasteiger partial charge in [-0.05, 0) is 24.3 Å². The van der Waals surface area contributed by atoms with E-state index < -0.39 is 0 Å². The zero-order valence-corrected chi connectivity index (χ0v) is 15.7. The Morgan fingerprint density at radius 3 is 2.32 bits per heavy atom. The maximum Gasteiger partial charge on any atom is 0.238 e. The molecule has 1 aromatic carbocycles. The number of anilines is 1. The largest absolute Gasteiger partial charge is 0.468 e. The third kappa shape index (κ3) is 5.12. The van der Waals surface area contributed by atoms with Crippen LogP contribution in [0.5, 0.6) is 0 Å². The number of rotatable bonds is 5. The van der Waals surface area contributed by atoms with Crippen LogP contribution in [0.15, 0.2) is 34.9 Å². The Bertz CT molecular complexity index is 706. The van der Waals surface area contributed by atoms with Gasteiger partial charge in [0.2, 0.25) is 5.91 Å². The third-order valence-corrected chi connectivity index (χ3v) is 4.88. The van der Waals surface area contributed by atoms with Gasteiger partial charge in [0, 0.05) is 31.2 Å². The van der Waals surface area contributed by atoms with Crippen LogP contribution in [-0.2, 0) is 11.3 Å². The Morgan fingerprint density at radius 1 is 1.08 bits per heavy atom. The maximum atomic E-state index is 12.3. The lowest BCUT2D eigenvalue weighted by atomic mass is 10.2. The summed E-state index contributed by atoms with van der Waals surface area (Å²) in [7, 11) is 0. The average Bonchev–Trinajstić information content (AvgIpc) is 3.06. The fourth-order valence-corrected chi connectivity index (χ4v) is 3.68. The van der Waals surface area contributed by atoms with E-state index in [9.17, 15) is 4.79 Å². The molecule has 2 aromatic rings. The molecular weight excluding hydrogens is 385 g/mol. The van der Waals surface area contributed by atoms with Crippen LogP contribution in [0.4, 0.5) is 5.69 Å². The summed E-state index contributed by atoms with van der Waals surface area (Å²) in [6.07, 6.45) is 1.68. The van der Waals surface area contributed by atoms with Gasteiger partial charge in [0.05, 0.1) is 35.1 Å². The van der Waals surface area contributed by atoms with Gasteiger partial charge in [-0.3, -0.25) is 14.6 Å². The van der Waals surface area contributed by atoms with Crippen molar-refractivity contribution >= 4 is 46.4 Å². The monoisotopic (exact) mass is 401 g/mol. The number of hydrogen-bond donors (Lipinski definition) is 1. The Balaban J connectivity index is 1.48. The van der Waals surface area contributed by atoms with Crippen LogP contribution in [0.2, 0.25) is 15.1 Å². The van der Waals surface area contributed by atoms with Crippen molar-refractivity contribution in [2.24, 2.45) is 0 Å². The van der Waals surface area contributed by atoms with E-state index >= 15 is 0 Å². The molecule has 1 saturated heterocycles. The van der Waals surface area contributed by atoms with Crippen LogP contribution >= 0.6 is 34.8 Å². The molecule has 3 rings (SSSR count). The lowest BCUT2D eigenvalue weighted by Gasteiger charge is -2.33. The van der Waals surface area contributed by atoms with Crippen molar-refractivity contribution in [1.29, 1.82) is 0 Å². The van der Waals surface area contributed by atoms with E-state index in [2.05, 4.69) is 15.1 Å². The molecule has 5 nitrogen and oxygen atoms in total. The van der Waals surface area contributed by atoms with Crippen LogP contribution in [0, 0.1) is 0 Å². The predicted octanol–water partition coefficient (Wildman–Crippen LogP) is 4.00. The topological polar surface area (TPSA) is 48.7 Å². The fourth-order valence-electron chi connectivity index (χ4n) is 2.77. The SMILES string of the molecule is O=C(CN1CCN(Cc2ccco2)CC1)Nc1c(Cl)cc(Cl)cc1Cl. The Morgan fingerprint density at radius 2 is 1.72 bits per heavy atom. The Labute approximate surface area is 161 Å². The number of benzene rings is 1. The average molecular weight is 403 g/mol. The summed E-state index contributed by atoms with van der Waals surface area (Å²) in [5.41, 5.74) is 0.397. The highest BCUT2D eigenvalue weighted by Crippen LogP contribution is 2.33. The standard InChI is InChI=1S/C17H18Cl3N3O2/c18-12-8-14(19)17(15(20)9-12)21-16(24)11-23-5-3-22(4-6-23)10-13-2-1-7-25-13/h1-2,7-9H,3-6,10-11H2,(H,21,24). The zero-order chi connectivity index (χ0) is 17.8. The van der Waals surface area contributed by atoms with Crippen molar-refractivity contribution in [3.05, 3.63) is 51.4 Å². The van der Waals surface area contributed by atoms with Crippen molar-refractivity contribution in [3.63, 3.8) is 0 Å². The lowest BCUT2D eigenvalue weighted by Crippen LogP contribution is -2.48. The van der Waals surface area contributed by atoms with Gasteiger partial charge in [-0.2, -0.15) is 0 Å². The van der Waals surface area contributed by atoms with Crippen molar-refractivity contribution in [1.82, 2.24) is 9.80 Å². The molecule has 0 radical (unpaired) electrons. The zero-order valence-electron chi connectivity index (χ0n) is 13.5. The number of amides is 1. The van der Waals surface area contributed by atoms with E-state index in [4.69, 9.17) is 39.2 Å². The molecule has 1 aliphatic heterocycles. The van der Waals surface area contributed by atoms with Gasteiger partial charge in [0.1, 0.15) is 5.76 Å². The molecule has 1 N–H and O–H groups in total. The van der Waals surface area contributed by atoms with Crippen molar-refractivity contribution in [2.45, 2.75) is 6.54 Å². The highest BCUT2D eigenvalue weighted by molar-refractivity contribution is 6.42. The summed E-state index contributed by atoms with van der Waals surface area (Å²) in [4.78, 5) is 16.7. The second-order valence-corrected chi connectivity index (χ2v) is 7.18. The Kier molecular flexibility index (Phi) is 6.25. The van der Waals surface area contributed by atoms with E-state index in [0.29, 0.717) is 27.3 Å². The van der Waals surface area contributed by atoms with Crippen molar-refractivity contribution in [2.75, 3.05) is 38.0 Å². The van der Waals surface area contributed by atoms with Gasteiger partial charge < -0.3 is 9.73 Å². The molecule has 0 saturated carbocycles. The quantitative estimate of drug-likeness (QED) is 0.821. The molecule has 134 valence electrons.